The second-order valence-electron chi connectivity index (χ2n) is 13.3. The van der Waals surface area contributed by atoms with Gasteiger partial charge < -0.3 is 19.7 Å². The number of carboxylic acid groups (broad SMARTS) is 1. The standard InChI is InChI=1S/C20H38O7S.C18H34O3.Na.Sn.3H/c1-5-9-11-16(7-3)14-26-19(21)13-18(28(23,24)25)20(22)27-15-17(8-4)12-10-6-2;1-2-3-4-11-14-17(19)15-12-9-7-5-6-8-10-13-16-18(20)21;;;;;/h16-18H,5-15H2,1-4H3,(H,23,24,25);9,12,17,19H,2-8,10-11,13-16H2,1H3,(H,20,21);;;;;/b;12-9-;;;;;/t;17-;;;;;/m.1...../s1. The van der Waals surface area contributed by atoms with Crippen LogP contribution in [-0.2, 0) is 34.0 Å². The van der Waals surface area contributed by atoms with E-state index in [0.717, 1.165) is 103 Å². The average molecular weight is 866 g/mol. The van der Waals surface area contributed by atoms with Crippen molar-refractivity contribution in [1.82, 2.24) is 0 Å². The minimum atomic E-state index is -4.76. The van der Waals surface area contributed by atoms with Gasteiger partial charge in [-0.05, 0) is 56.8 Å². The summed E-state index contributed by atoms with van der Waals surface area (Å²) in [5, 5.41) is 16.4. The molecule has 51 heavy (non-hydrogen) atoms. The van der Waals surface area contributed by atoms with Gasteiger partial charge in [-0.3, -0.25) is 18.9 Å². The molecule has 0 aliphatic rings. The number of carbonyl (C=O) groups excluding carboxylic acids is 2. The quantitative estimate of drug-likeness (QED) is 0.0207. The maximum atomic E-state index is 12.2. The topological polar surface area (TPSA) is 164 Å². The van der Waals surface area contributed by atoms with E-state index in [1.165, 1.54) is 25.7 Å². The number of esters is 2. The van der Waals surface area contributed by atoms with E-state index in [2.05, 4.69) is 32.9 Å². The van der Waals surface area contributed by atoms with Gasteiger partial charge in [-0.15, -0.1) is 0 Å². The molecule has 0 aromatic carbocycles. The number of hydrogen-bond donors (Lipinski definition) is 3. The van der Waals surface area contributed by atoms with E-state index in [0.29, 0.717) is 6.42 Å². The Morgan fingerprint density at radius 3 is 1.71 bits per heavy atom. The van der Waals surface area contributed by atoms with Gasteiger partial charge in [-0.25, -0.2) is 0 Å². The van der Waals surface area contributed by atoms with Gasteiger partial charge in [0.1, 0.15) is 0 Å². The van der Waals surface area contributed by atoms with Gasteiger partial charge in [0.05, 0.1) is 25.7 Å². The fraction of sp³-hybridized carbons (Fsp3) is 0.868. The number of aliphatic carboxylic acids is 1. The van der Waals surface area contributed by atoms with Gasteiger partial charge in [0, 0.05) is 6.42 Å². The van der Waals surface area contributed by atoms with Gasteiger partial charge in [0.2, 0.25) is 0 Å². The first-order chi connectivity index (χ1) is 23.4. The molecule has 4 atom stereocenters. The van der Waals surface area contributed by atoms with Crippen molar-refractivity contribution in [3.05, 3.63) is 12.2 Å². The second kappa shape index (κ2) is 39.5. The molecule has 0 aromatic rings. The zero-order chi connectivity index (χ0) is 37.3. The number of carboxylic acids is 1. The molecule has 0 saturated carbocycles. The molecule has 0 saturated heterocycles. The molecular weight excluding hydrogens is 790 g/mol. The van der Waals surface area contributed by atoms with Crippen molar-refractivity contribution in [2.45, 2.75) is 187 Å². The minimum absolute atomic E-state index is 0. The SMILES string of the molecule is CCCCC(CC)COC(=O)CC(C(=O)OCC(CC)CCCC)S(=O)(=O)O.CCCCCC[C@@H](O)C/C=C\CCCCCCCC(=O)O.[NaH].[SnH2]. The van der Waals surface area contributed by atoms with Crippen LogP contribution in [0, 0.1) is 11.8 Å². The third-order valence-electron chi connectivity index (χ3n) is 8.73. The molecule has 0 bridgehead atoms. The summed E-state index contributed by atoms with van der Waals surface area (Å²) in [4.78, 5) is 34.5. The Bertz CT molecular complexity index is 964. The van der Waals surface area contributed by atoms with Gasteiger partial charge in [-0.2, -0.15) is 8.42 Å². The number of carbonyl (C=O) groups is 3. The summed E-state index contributed by atoms with van der Waals surface area (Å²) in [6, 6.07) is 0. The van der Waals surface area contributed by atoms with E-state index in [9.17, 15) is 32.5 Å². The molecule has 0 heterocycles. The number of unbranched alkanes of at least 4 members (excludes halogenated alkanes) is 10. The summed E-state index contributed by atoms with van der Waals surface area (Å²) in [6.45, 7) is 10.5. The molecule has 0 amide bonds. The van der Waals surface area contributed by atoms with Crippen LogP contribution < -0.4 is 0 Å². The molecule has 0 fully saturated rings. The van der Waals surface area contributed by atoms with Crippen LogP contribution in [0.25, 0.3) is 0 Å². The monoisotopic (exact) mass is 866 g/mol. The van der Waals surface area contributed by atoms with E-state index < -0.39 is 39.7 Å². The summed E-state index contributed by atoms with van der Waals surface area (Å²) >= 11 is 0. The molecule has 2 radical (unpaired) electrons. The fourth-order valence-corrected chi connectivity index (χ4v) is 5.84. The Labute approximate surface area is 350 Å². The molecule has 0 aliphatic heterocycles. The van der Waals surface area contributed by atoms with Crippen LogP contribution in [0.3, 0.4) is 0 Å². The number of aliphatic hydroxyl groups excluding tert-OH is 1. The number of rotatable bonds is 31. The normalized spacial score (nSPS) is 13.5. The van der Waals surface area contributed by atoms with Crippen molar-refractivity contribution in [2.75, 3.05) is 13.2 Å². The van der Waals surface area contributed by atoms with Crippen LogP contribution in [0.2, 0.25) is 0 Å². The van der Waals surface area contributed by atoms with Crippen molar-refractivity contribution >= 4 is 81.5 Å². The molecule has 13 heteroatoms. The Morgan fingerprint density at radius 2 is 1.20 bits per heavy atom. The van der Waals surface area contributed by atoms with E-state index in [1.807, 2.05) is 13.8 Å². The molecule has 0 aliphatic carbocycles. The first kappa shape index (κ1) is 57.5. The molecule has 0 aromatic heterocycles. The first-order valence-corrected chi connectivity index (χ1v) is 20.7. The Morgan fingerprint density at radius 1 is 0.686 bits per heavy atom. The Hall–Kier alpha value is -0.181. The molecule has 10 nitrogen and oxygen atoms in total. The molecule has 0 spiro atoms. The fourth-order valence-electron chi connectivity index (χ4n) is 5.18. The number of aliphatic hydroxyl groups is 1. The van der Waals surface area contributed by atoms with Crippen molar-refractivity contribution in [1.29, 1.82) is 0 Å². The number of ether oxygens (including phenoxy) is 2. The van der Waals surface area contributed by atoms with Crippen LogP contribution >= 0.6 is 0 Å². The van der Waals surface area contributed by atoms with Gasteiger partial charge in [0.25, 0.3) is 10.1 Å². The van der Waals surface area contributed by atoms with Crippen molar-refractivity contribution in [3.63, 3.8) is 0 Å². The van der Waals surface area contributed by atoms with Gasteiger partial charge in [0.15, 0.2) is 5.25 Å². The predicted octanol–water partition coefficient (Wildman–Crippen LogP) is 7.67. The first-order valence-electron chi connectivity index (χ1n) is 19.2. The van der Waals surface area contributed by atoms with Gasteiger partial charge in [-0.1, -0.05) is 130 Å². The number of hydrogen-bond acceptors (Lipinski definition) is 8. The van der Waals surface area contributed by atoms with Crippen molar-refractivity contribution in [2.24, 2.45) is 11.8 Å². The maximum absolute atomic E-state index is 12.2. The number of allylic oxidation sites excluding steroid dienone is 1. The van der Waals surface area contributed by atoms with Crippen LogP contribution in [-0.4, -0.2) is 119 Å². The predicted molar refractivity (Wildman–Crippen MR) is 213 cm³/mol. The van der Waals surface area contributed by atoms with Crippen LogP contribution in [0.1, 0.15) is 176 Å². The zero-order valence-corrected chi connectivity index (χ0v) is 37.1. The third-order valence-corrected chi connectivity index (χ3v) is 9.81. The second-order valence-corrected chi connectivity index (χ2v) is 14.9. The molecule has 298 valence electrons. The summed E-state index contributed by atoms with van der Waals surface area (Å²) in [7, 11) is -4.76. The molecule has 3 unspecified atom stereocenters. The molecule has 0 rings (SSSR count). The van der Waals surface area contributed by atoms with E-state index in [1.54, 1.807) is 0 Å². The van der Waals surface area contributed by atoms with Gasteiger partial charge >= 0.3 is 71.4 Å². The summed E-state index contributed by atoms with van der Waals surface area (Å²) < 4.78 is 42.8. The molecule has 3 N–H and O–H groups in total. The van der Waals surface area contributed by atoms with E-state index in [4.69, 9.17) is 14.6 Å². The Kier molecular flexibility index (Phi) is 44.6. The Balaban J connectivity index is -0.000000433. The van der Waals surface area contributed by atoms with Crippen molar-refractivity contribution < 1.29 is 47.0 Å². The van der Waals surface area contributed by atoms with Crippen LogP contribution in [0.15, 0.2) is 12.2 Å². The third kappa shape index (κ3) is 37.9. The van der Waals surface area contributed by atoms with E-state index in [-0.39, 0.29) is 84.6 Å². The molecular formula is C38H75NaO10SSn. The summed E-state index contributed by atoms with van der Waals surface area (Å²) in [5.41, 5.74) is 0. The summed E-state index contributed by atoms with van der Waals surface area (Å²) in [6.07, 6.45) is 24.1. The average Bonchev–Trinajstić information content (AvgIpc) is 3.06. The zero-order valence-electron chi connectivity index (χ0n) is 32.2. The van der Waals surface area contributed by atoms with Crippen LogP contribution in [0.5, 0.6) is 0 Å². The van der Waals surface area contributed by atoms with Crippen LogP contribution in [0.4, 0.5) is 0 Å². The van der Waals surface area contributed by atoms with Crippen molar-refractivity contribution in [3.8, 4) is 0 Å². The summed E-state index contributed by atoms with van der Waals surface area (Å²) in [5.74, 6) is -2.29. The van der Waals surface area contributed by atoms with E-state index >= 15 is 0 Å².